The van der Waals surface area contributed by atoms with Crippen molar-refractivity contribution in [3.63, 3.8) is 0 Å². The first-order valence-corrected chi connectivity index (χ1v) is 9.47. The van der Waals surface area contributed by atoms with Gasteiger partial charge in [-0.2, -0.15) is 0 Å². The van der Waals surface area contributed by atoms with Crippen LogP contribution in [0.3, 0.4) is 0 Å². The number of carbonyl (C=O) groups is 2. The van der Waals surface area contributed by atoms with Gasteiger partial charge in [-0.05, 0) is 48.2 Å². The van der Waals surface area contributed by atoms with Gasteiger partial charge < -0.3 is 4.74 Å². The fraction of sp³-hybridized carbons (Fsp3) is 0.167. The zero-order chi connectivity index (χ0) is 19.3. The average molecular weight is 371 g/mol. The van der Waals surface area contributed by atoms with Gasteiger partial charge in [0.05, 0.1) is 17.7 Å². The Morgan fingerprint density at radius 2 is 1.21 bits per heavy atom. The summed E-state index contributed by atoms with van der Waals surface area (Å²) in [6.45, 7) is 0.969. The molecule has 4 nitrogen and oxygen atoms in total. The topological polar surface area (TPSA) is 46.6 Å². The molecule has 0 unspecified atom stereocenters. The van der Waals surface area contributed by atoms with E-state index in [1.807, 2.05) is 42.5 Å². The Kier molecular flexibility index (Phi) is 5.20. The van der Waals surface area contributed by atoms with E-state index in [4.69, 9.17) is 4.74 Å². The van der Waals surface area contributed by atoms with Crippen molar-refractivity contribution in [2.24, 2.45) is 0 Å². The van der Waals surface area contributed by atoms with E-state index in [1.54, 1.807) is 24.3 Å². The van der Waals surface area contributed by atoms with Crippen LogP contribution in [0.25, 0.3) is 11.1 Å². The van der Waals surface area contributed by atoms with Crippen molar-refractivity contribution in [2.45, 2.75) is 12.8 Å². The van der Waals surface area contributed by atoms with Crippen LogP contribution >= 0.6 is 0 Å². The molecule has 0 aliphatic carbocycles. The van der Waals surface area contributed by atoms with Crippen LogP contribution in [0.5, 0.6) is 5.75 Å². The molecule has 0 bridgehead atoms. The molecule has 0 fully saturated rings. The van der Waals surface area contributed by atoms with Gasteiger partial charge in [0.25, 0.3) is 11.8 Å². The van der Waals surface area contributed by atoms with Gasteiger partial charge >= 0.3 is 0 Å². The molecule has 0 saturated heterocycles. The lowest BCUT2D eigenvalue weighted by Crippen LogP contribution is -2.30. The van der Waals surface area contributed by atoms with Crippen molar-refractivity contribution in [1.82, 2.24) is 4.90 Å². The molecule has 3 aromatic rings. The van der Waals surface area contributed by atoms with Gasteiger partial charge in [0, 0.05) is 6.54 Å². The number of carbonyl (C=O) groups excluding carboxylic acids is 2. The van der Waals surface area contributed by atoms with E-state index in [1.165, 1.54) is 10.5 Å². The number of ether oxygens (including phenoxy) is 1. The van der Waals surface area contributed by atoms with Crippen LogP contribution < -0.4 is 4.74 Å². The number of amides is 2. The maximum Gasteiger partial charge on any atom is 0.261 e. The van der Waals surface area contributed by atoms with E-state index in [-0.39, 0.29) is 11.8 Å². The Morgan fingerprint density at radius 1 is 0.643 bits per heavy atom. The lowest BCUT2D eigenvalue weighted by atomic mass is 10.1. The summed E-state index contributed by atoms with van der Waals surface area (Å²) < 4.78 is 5.79. The van der Waals surface area contributed by atoms with Crippen LogP contribution in [0.1, 0.15) is 33.6 Å². The Balaban J connectivity index is 1.24. The lowest BCUT2D eigenvalue weighted by Gasteiger charge is -2.13. The molecule has 3 aromatic carbocycles. The molecule has 4 rings (SSSR count). The lowest BCUT2D eigenvalue weighted by molar-refractivity contribution is 0.0649. The molecule has 0 radical (unpaired) electrons. The van der Waals surface area contributed by atoms with Gasteiger partial charge in [-0.15, -0.1) is 0 Å². The Bertz CT molecular complexity index is 945. The first-order valence-electron chi connectivity index (χ1n) is 9.47. The molecule has 1 aliphatic rings. The highest BCUT2D eigenvalue weighted by atomic mass is 16.5. The molecule has 140 valence electrons. The molecule has 1 heterocycles. The Labute approximate surface area is 164 Å². The molecule has 2 amide bonds. The van der Waals surface area contributed by atoms with E-state index < -0.39 is 0 Å². The standard InChI is InChI=1S/C24H21NO3/c26-23-21-10-4-5-11-22(21)24(27)25(23)16-6-7-17-28-20-14-12-19(13-15-20)18-8-2-1-3-9-18/h1-5,8-15H,6-7,16-17H2. The summed E-state index contributed by atoms with van der Waals surface area (Å²) in [7, 11) is 0. The zero-order valence-corrected chi connectivity index (χ0v) is 15.5. The summed E-state index contributed by atoms with van der Waals surface area (Å²) in [5, 5.41) is 0. The monoisotopic (exact) mass is 371 g/mol. The SMILES string of the molecule is O=C1c2ccccc2C(=O)N1CCCCOc1ccc(-c2ccccc2)cc1. The van der Waals surface area contributed by atoms with Gasteiger partial charge in [0.15, 0.2) is 0 Å². The second-order valence-electron chi connectivity index (χ2n) is 6.75. The first-order chi connectivity index (χ1) is 13.7. The summed E-state index contributed by atoms with van der Waals surface area (Å²) in [6.07, 6.45) is 1.49. The predicted octanol–water partition coefficient (Wildman–Crippen LogP) is 4.81. The van der Waals surface area contributed by atoms with Gasteiger partial charge in [-0.1, -0.05) is 54.6 Å². The molecular formula is C24H21NO3. The fourth-order valence-electron chi connectivity index (χ4n) is 3.38. The highest BCUT2D eigenvalue weighted by molar-refractivity contribution is 6.21. The highest BCUT2D eigenvalue weighted by Crippen LogP contribution is 2.24. The number of hydrogen-bond acceptors (Lipinski definition) is 3. The maximum absolute atomic E-state index is 12.3. The minimum atomic E-state index is -0.196. The Morgan fingerprint density at radius 3 is 1.86 bits per heavy atom. The van der Waals surface area contributed by atoms with E-state index in [9.17, 15) is 9.59 Å². The van der Waals surface area contributed by atoms with Crippen molar-refractivity contribution >= 4 is 11.8 Å². The molecule has 28 heavy (non-hydrogen) atoms. The minimum Gasteiger partial charge on any atom is -0.494 e. The molecular weight excluding hydrogens is 350 g/mol. The average Bonchev–Trinajstić information content (AvgIpc) is 2.99. The van der Waals surface area contributed by atoms with Crippen molar-refractivity contribution in [3.05, 3.63) is 90.0 Å². The number of benzene rings is 3. The molecule has 4 heteroatoms. The first kappa shape index (κ1) is 18.0. The molecule has 1 aliphatic heterocycles. The van der Waals surface area contributed by atoms with Crippen LogP contribution in [-0.4, -0.2) is 29.9 Å². The third-order valence-corrected chi connectivity index (χ3v) is 4.88. The largest absolute Gasteiger partial charge is 0.494 e. The van der Waals surface area contributed by atoms with Crippen LogP contribution in [0.15, 0.2) is 78.9 Å². The van der Waals surface area contributed by atoms with Crippen molar-refractivity contribution < 1.29 is 14.3 Å². The number of imide groups is 1. The quantitative estimate of drug-likeness (QED) is 0.442. The summed E-state index contributed by atoms with van der Waals surface area (Å²) in [4.78, 5) is 26.0. The third kappa shape index (κ3) is 3.67. The minimum absolute atomic E-state index is 0.196. The van der Waals surface area contributed by atoms with E-state index >= 15 is 0 Å². The number of nitrogens with zero attached hydrogens (tertiary/aromatic N) is 1. The van der Waals surface area contributed by atoms with Crippen molar-refractivity contribution in [1.29, 1.82) is 0 Å². The summed E-state index contributed by atoms with van der Waals surface area (Å²) in [5.41, 5.74) is 3.33. The summed E-state index contributed by atoms with van der Waals surface area (Å²) >= 11 is 0. The van der Waals surface area contributed by atoms with Gasteiger partial charge in [0.2, 0.25) is 0 Å². The smallest absolute Gasteiger partial charge is 0.261 e. The predicted molar refractivity (Wildman–Crippen MR) is 108 cm³/mol. The fourth-order valence-corrected chi connectivity index (χ4v) is 3.38. The second-order valence-corrected chi connectivity index (χ2v) is 6.75. The van der Waals surface area contributed by atoms with E-state index in [0.717, 1.165) is 17.7 Å². The molecule has 0 spiro atoms. The normalized spacial score (nSPS) is 12.9. The van der Waals surface area contributed by atoms with Gasteiger partial charge in [-0.25, -0.2) is 0 Å². The summed E-state index contributed by atoms with van der Waals surface area (Å²) in [5.74, 6) is 0.427. The van der Waals surface area contributed by atoms with Crippen LogP contribution in [0, 0.1) is 0 Å². The van der Waals surface area contributed by atoms with Crippen molar-refractivity contribution in [2.75, 3.05) is 13.2 Å². The van der Waals surface area contributed by atoms with Crippen LogP contribution in [-0.2, 0) is 0 Å². The van der Waals surface area contributed by atoms with Gasteiger partial charge in [-0.3, -0.25) is 14.5 Å². The van der Waals surface area contributed by atoms with Crippen LogP contribution in [0.4, 0.5) is 0 Å². The van der Waals surface area contributed by atoms with Crippen molar-refractivity contribution in [3.8, 4) is 16.9 Å². The van der Waals surface area contributed by atoms with E-state index in [0.29, 0.717) is 30.7 Å². The number of hydrogen-bond donors (Lipinski definition) is 0. The highest BCUT2D eigenvalue weighted by Gasteiger charge is 2.34. The summed E-state index contributed by atoms with van der Waals surface area (Å²) in [6, 6.07) is 25.2. The number of unbranched alkanes of at least 4 members (excludes halogenated alkanes) is 1. The molecule has 0 N–H and O–H groups in total. The second kappa shape index (κ2) is 8.09. The Hall–Kier alpha value is -3.40. The zero-order valence-electron chi connectivity index (χ0n) is 15.5. The molecule has 0 atom stereocenters. The molecule has 0 saturated carbocycles. The number of fused-ring (bicyclic) bond motifs is 1. The number of rotatable bonds is 7. The molecule has 0 aromatic heterocycles. The third-order valence-electron chi connectivity index (χ3n) is 4.88. The van der Waals surface area contributed by atoms with E-state index in [2.05, 4.69) is 12.1 Å². The maximum atomic E-state index is 12.3. The van der Waals surface area contributed by atoms with Gasteiger partial charge in [0.1, 0.15) is 5.75 Å². The van der Waals surface area contributed by atoms with Crippen LogP contribution in [0.2, 0.25) is 0 Å².